The number of carboxylic acid groups (broad SMARTS) is 1. The van der Waals surface area contributed by atoms with Crippen LogP contribution < -0.4 is 5.32 Å². The molecule has 27 heavy (non-hydrogen) atoms. The number of imidazole rings is 1. The minimum absolute atomic E-state index is 0.0496. The highest BCUT2D eigenvalue weighted by atomic mass is 16.4. The molecular weight excluding hydrogens is 342 g/mol. The number of carbonyl (C=O) groups excluding carboxylic acids is 1. The molecule has 3 aromatic rings. The molecule has 0 bridgehead atoms. The van der Waals surface area contributed by atoms with E-state index in [1.54, 1.807) is 0 Å². The van der Waals surface area contributed by atoms with Crippen molar-refractivity contribution < 1.29 is 14.7 Å². The van der Waals surface area contributed by atoms with Crippen molar-refractivity contribution in [3.63, 3.8) is 0 Å². The molecule has 2 N–H and O–H groups in total. The Labute approximate surface area is 157 Å². The number of carbonyl (C=O) groups is 2. The third-order valence-corrected chi connectivity index (χ3v) is 4.41. The standard InChI is InChI=1S/C21H23N3O3/c25-20(10-3-4-11-21(26)27)22-13-16-6-5-7-17(12-16)14-24-15-23-18-8-1-2-9-19(18)24/h1-2,5-9,12,15H,3-4,10-11,13-14H2,(H,22,25)(H,26,27). The summed E-state index contributed by atoms with van der Waals surface area (Å²) in [6, 6.07) is 16.1. The van der Waals surface area contributed by atoms with Crippen LogP contribution in [0.1, 0.15) is 36.8 Å². The lowest BCUT2D eigenvalue weighted by Gasteiger charge is -2.09. The summed E-state index contributed by atoms with van der Waals surface area (Å²) in [6.45, 7) is 1.19. The van der Waals surface area contributed by atoms with Gasteiger partial charge in [-0.3, -0.25) is 9.59 Å². The van der Waals surface area contributed by atoms with Crippen LogP contribution in [0.15, 0.2) is 54.9 Å². The van der Waals surface area contributed by atoms with E-state index in [4.69, 9.17) is 5.11 Å². The quantitative estimate of drug-likeness (QED) is 0.570. The van der Waals surface area contributed by atoms with E-state index < -0.39 is 5.97 Å². The Morgan fingerprint density at radius 2 is 1.78 bits per heavy atom. The Bertz CT molecular complexity index is 933. The van der Waals surface area contributed by atoms with Crippen molar-refractivity contribution in [2.75, 3.05) is 0 Å². The van der Waals surface area contributed by atoms with Gasteiger partial charge in [-0.15, -0.1) is 0 Å². The molecule has 1 heterocycles. The van der Waals surface area contributed by atoms with E-state index in [1.807, 2.05) is 36.7 Å². The molecule has 0 unspecified atom stereocenters. The molecule has 0 saturated carbocycles. The van der Waals surface area contributed by atoms with Crippen molar-refractivity contribution in [3.8, 4) is 0 Å². The highest BCUT2D eigenvalue weighted by Crippen LogP contribution is 2.15. The number of benzene rings is 2. The number of nitrogens with one attached hydrogen (secondary N) is 1. The summed E-state index contributed by atoms with van der Waals surface area (Å²) < 4.78 is 2.11. The fraction of sp³-hybridized carbons (Fsp3) is 0.286. The second-order valence-corrected chi connectivity index (χ2v) is 6.56. The zero-order valence-corrected chi connectivity index (χ0v) is 15.1. The van der Waals surface area contributed by atoms with E-state index in [2.05, 4.69) is 33.1 Å². The molecule has 0 aliphatic heterocycles. The Morgan fingerprint density at radius 1 is 1.00 bits per heavy atom. The minimum atomic E-state index is -0.821. The van der Waals surface area contributed by atoms with Crippen molar-refractivity contribution in [1.82, 2.24) is 14.9 Å². The molecule has 1 aromatic heterocycles. The fourth-order valence-corrected chi connectivity index (χ4v) is 3.02. The highest BCUT2D eigenvalue weighted by Gasteiger charge is 2.05. The summed E-state index contributed by atoms with van der Waals surface area (Å²) in [7, 11) is 0. The topological polar surface area (TPSA) is 84.2 Å². The first-order valence-electron chi connectivity index (χ1n) is 9.08. The number of rotatable bonds is 9. The number of hydrogen-bond acceptors (Lipinski definition) is 3. The molecular formula is C21H23N3O3. The Kier molecular flexibility index (Phi) is 6.20. The highest BCUT2D eigenvalue weighted by molar-refractivity contribution is 5.76. The van der Waals surface area contributed by atoms with Gasteiger partial charge in [0.25, 0.3) is 0 Å². The second kappa shape index (κ2) is 8.98. The molecule has 2 aromatic carbocycles. The lowest BCUT2D eigenvalue weighted by molar-refractivity contribution is -0.137. The van der Waals surface area contributed by atoms with Crippen LogP contribution in [0.4, 0.5) is 0 Å². The van der Waals surface area contributed by atoms with E-state index in [0.717, 1.165) is 28.7 Å². The van der Waals surface area contributed by atoms with Crippen LogP contribution in [-0.2, 0) is 22.7 Å². The predicted molar refractivity (Wildman–Crippen MR) is 103 cm³/mol. The molecule has 0 aliphatic carbocycles. The Balaban J connectivity index is 1.53. The summed E-state index contributed by atoms with van der Waals surface area (Å²) >= 11 is 0. The van der Waals surface area contributed by atoms with Crippen LogP contribution in [0.2, 0.25) is 0 Å². The van der Waals surface area contributed by atoms with Gasteiger partial charge in [0.15, 0.2) is 0 Å². The zero-order chi connectivity index (χ0) is 19.1. The first kappa shape index (κ1) is 18.6. The van der Waals surface area contributed by atoms with E-state index in [0.29, 0.717) is 25.8 Å². The van der Waals surface area contributed by atoms with Gasteiger partial charge in [-0.25, -0.2) is 4.98 Å². The third kappa shape index (κ3) is 5.41. The van der Waals surface area contributed by atoms with Gasteiger partial charge in [-0.2, -0.15) is 0 Å². The maximum Gasteiger partial charge on any atom is 0.303 e. The van der Waals surface area contributed by atoms with Gasteiger partial charge in [0.2, 0.25) is 5.91 Å². The first-order valence-corrected chi connectivity index (χ1v) is 9.08. The normalized spacial score (nSPS) is 10.8. The summed E-state index contributed by atoms with van der Waals surface area (Å²) in [5.41, 5.74) is 4.25. The van der Waals surface area contributed by atoms with Crippen molar-refractivity contribution in [2.45, 2.75) is 38.8 Å². The van der Waals surface area contributed by atoms with Gasteiger partial charge >= 0.3 is 5.97 Å². The fourth-order valence-electron chi connectivity index (χ4n) is 3.02. The van der Waals surface area contributed by atoms with E-state index in [-0.39, 0.29) is 12.3 Å². The molecule has 0 fully saturated rings. The maximum atomic E-state index is 11.9. The first-order chi connectivity index (χ1) is 13.1. The predicted octanol–water partition coefficient (Wildman–Crippen LogP) is 3.35. The largest absolute Gasteiger partial charge is 0.481 e. The van der Waals surface area contributed by atoms with Crippen molar-refractivity contribution in [1.29, 1.82) is 0 Å². The SMILES string of the molecule is O=C(O)CCCCC(=O)NCc1cccc(Cn2cnc3ccccc32)c1. The van der Waals surface area contributed by atoms with Crippen molar-refractivity contribution in [2.24, 2.45) is 0 Å². The number of aliphatic carboxylic acids is 1. The molecule has 140 valence electrons. The van der Waals surface area contributed by atoms with Crippen LogP contribution in [-0.4, -0.2) is 26.5 Å². The van der Waals surface area contributed by atoms with Crippen LogP contribution >= 0.6 is 0 Å². The van der Waals surface area contributed by atoms with Gasteiger partial charge in [-0.1, -0.05) is 36.4 Å². The summed E-state index contributed by atoms with van der Waals surface area (Å²) in [5.74, 6) is -0.871. The minimum Gasteiger partial charge on any atom is -0.481 e. The molecule has 0 spiro atoms. The average Bonchev–Trinajstić information content (AvgIpc) is 3.07. The van der Waals surface area contributed by atoms with E-state index in [9.17, 15) is 9.59 Å². The molecule has 6 heteroatoms. The van der Waals surface area contributed by atoms with Crippen LogP contribution in [0.3, 0.4) is 0 Å². The lowest BCUT2D eigenvalue weighted by Crippen LogP contribution is -2.22. The number of fused-ring (bicyclic) bond motifs is 1. The zero-order valence-electron chi connectivity index (χ0n) is 15.1. The van der Waals surface area contributed by atoms with Gasteiger partial charge in [0.1, 0.15) is 0 Å². The lowest BCUT2D eigenvalue weighted by atomic mass is 10.1. The number of hydrogen-bond donors (Lipinski definition) is 2. The molecule has 0 radical (unpaired) electrons. The van der Waals surface area contributed by atoms with Gasteiger partial charge < -0.3 is 15.0 Å². The maximum absolute atomic E-state index is 11.9. The summed E-state index contributed by atoms with van der Waals surface area (Å²) in [6.07, 6.45) is 3.42. The molecule has 0 saturated heterocycles. The summed E-state index contributed by atoms with van der Waals surface area (Å²) in [5, 5.41) is 11.5. The van der Waals surface area contributed by atoms with Gasteiger partial charge in [-0.05, 0) is 36.1 Å². The molecule has 6 nitrogen and oxygen atoms in total. The number of para-hydroxylation sites is 2. The monoisotopic (exact) mass is 365 g/mol. The molecule has 0 atom stereocenters. The van der Waals surface area contributed by atoms with Crippen molar-refractivity contribution >= 4 is 22.9 Å². The molecule has 1 amide bonds. The number of amides is 1. The van der Waals surface area contributed by atoms with Crippen LogP contribution in [0.25, 0.3) is 11.0 Å². The molecule has 3 rings (SSSR count). The van der Waals surface area contributed by atoms with Gasteiger partial charge in [0.05, 0.1) is 17.4 Å². The van der Waals surface area contributed by atoms with E-state index >= 15 is 0 Å². The van der Waals surface area contributed by atoms with Crippen LogP contribution in [0, 0.1) is 0 Å². The Morgan fingerprint density at radius 3 is 2.63 bits per heavy atom. The number of aromatic nitrogens is 2. The van der Waals surface area contributed by atoms with Gasteiger partial charge in [0, 0.05) is 25.9 Å². The molecule has 0 aliphatic rings. The van der Waals surface area contributed by atoms with Crippen LogP contribution in [0.5, 0.6) is 0 Å². The van der Waals surface area contributed by atoms with Crippen molar-refractivity contribution in [3.05, 3.63) is 66.0 Å². The number of unbranched alkanes of at least 4 members (excludes halogenated alkanes) is 1. The third-order valence-electron chi connectivity index (χ3n) is 4.41. The second-order valence-electron chi connectivity index (χ2n) is 6.56. The summed E-state index contributed by atoms with van der Waals surface area (Å²) in [4.78, 5) is 26.8. The average molecular weight is 365 g/mol. The smallest absolute Gasteiger partial charge is 0.303 e. The Hall–Kier alpha value is -3.15. The number of carboxylic acids is 1. The van der Waals surface area contributed by atoms with E-state index in [1.165, 1.54) is 0 Å². The number of nitrogens with zero attached hydrogens (tertiary/aromatic N) is 2.